The zero-order valence-electron chi connectivity index (χ0n) is 13.6. The van der Waals surface area contributed by atoms with Crippen molar-refractivity contribution in [2.75, 3.05) is 6.54 Å². The van der Waals surface area contributed by atoms with Crippen LogP contribution in [0.2, 0.25) is 0 Å². The van der Waals surface area contributed by atoms with Gasteiger partial charge >= 0.3 is 6.03 Å². The third kappa shape index (κ3) is 3.65. The number of nitrogens with one attached hydrogen (secondary N) is 1. The van der Waals surface area contributed by atoms with E-state index >= 15 is 0 Å². The van der Waals surface area contributed by atoms with Gasteiger partial charge in [0.1, 0.15) is 0 Å². The lowest BCUT2D eigenvalue weighted by Gasteiger charge is -2.33. The molecule has 3 nitrogen and oxygen atoms in total. The predicted octanol–water partition coefficient (Wildman–Crippen LogP) is 5.02. The maximum Gasteiger partial charge on any atom is 0.318 e. The van der Waals surface area contributed by atoms with Crippen LogP contribution in [-0.2, 0) is 0 Å². The van der Waals surface area contributed by atoms with Crippen molar-refractivity contribution in [2.45, 2.75) is 76.8 Å². The minimum Gasteiger partial charge on any atom is -0.335 e. The van der Waals surface area contributed by atoms with Gasteiger partial charge in [-0.15, -0.1) is 11.3 Å². The standard InChI is InChI=1S/C18H28N2OS/c1-14-11-13-22-17(14)16-10-6-3-7-12-20(16)18(21)19-15-8-4-2-5-9-15/h11,13,15-16H,2-10,12H2,1H3,(H,19,21)/t16-/m1/s1. The monoisotopic (exact) mass is 320 g/mol. The van der Waals surface area contributed by atoms with Gasteiger partial charge in [0.05, 0.1) is 6.04 Å². The largest absolute Gasteiger partial charge is 0.335 e. The van der Waals surface area contributed by atoms with Crippen molar-refractivity contribution in [3.05, 3.63) is 21.9 Å². The van der Waals surface area contributed by atoms with Crippen molar-refractivity contribution in [3.8, 4) is 0 Å². The zero-order chi connectivity index (χ0) is 15.4. The number of rotatable bonds is 2. The molecule has 1 N–H and O–H groups in total. The summed E-state index contributed by atoms with van der Waals surface area (Å²) in [5, 5.41) is 5.48. The molecule has 1 aliphatic heterocycles. The van der Waals surface area contributed by atoms with E-state index in [2.05, 4.69) is 28.6 Å². The molecule has 2 fully saturated rings. The summed E-state index contributed by atoms with van der Waals surface area (Å²) in [6, 6.07) is 3.04. The summed E-state index contributed by atoms with van der Waals surface area (Å²) in [6.45, 7) is 3.08. The summed E-state index contributed by atoms with van der Waals surface area (Å²) in [5.74, 6) is 0. The Bertz CT molecular complexity index is 493. The maximum absolute atomic E-state index is 12.9. The number of carbonyl (C=O) groups excluding carboxylic acids is 1. The van der Waals surface area contributed by atoms with Gasteiger partial charge in [0, 0.05) is 17.5 Å². The molecule has 1 aromatic rings. The predicted molar refractivity (Wildman–Crippen MR) is 92.4 cm³/mol. The highest BCUT2D eigenvalue weighted by atomic mass is 32.1. The molecule has 1 saturated heterocycles. The van der Waals surface area contributed by atoms with Crippen LogP contribution >= 0.6 is 11.3 Å². The van der Waals surface area contributed by atoms with Crippen molar-refractivity contribution < 1.29 is 4.79 Å². The van der Waals surface area contributed by atoms with Gasteiger partial charge in [0.2, 0.25) is 0 Å². The molecule has 0 spiro atoms. The molecule has 1 aliphatic carbocycles. The normalized spacial score (nSPS) is 24.0. The fourth-order valence-corrected chi connectivity index (χ4v) is 4.93. The molecule has 0 unspecified atom stereocenters. The molecule has 0 aromatic carbocycles. The summed E-state index contributed by atoms with van der Waals surface area (Å²) in [7, 11) is 0. The number of hydrogen-bond donors (Lipinski definition) is 1. The highest BCUT2D eigenvalue weighted by Crippen LogP contribution is 2.35. The van der Waals surface area contributed by atoms with Crippen molar-refractivity contribution >= 4 is 17.4 Å². The van der Waals surface area contributed by atoms with Crippen molar-refractivity contribution in [3.63, 3.8) is 0 Å². The molecule has 122 valence electrons. The number of amides is 2. The first kappa shape index (κ1) is 15.9. The number of hydrogen-bond acceptors (Lipinski definition) is 2. The molecular formula is C18H28N2OS. The van der Waals surface area contributed by atoms with E-state index in [0.29, 0.717) is 6.04 Å². The van der Waals surface area contributed by atoms with Crippen LogP contribution in [0, 0.1) is 6.92 Å². The third-order valence-corrected chi connectivity index (χ3v) is 6.27. The van der Waals surface area contributed by atoms with E-state index < -0.39 is 0 Å². The number of aryl methyl sites for hydroxylation is 1. The molecule has 3 rings (SSSR count). The van der Waals surface area contributed by atoms with E-state index in [-0.39, 0.29) is 12.1 Å². The Hall–Kier alpha value is -1.03. The maximum atomic E-state index is 12.9. The number of urea groups is 1. The van der Waals surface area contributed by atoms with Crippen LogP contribution in [0.25, 0.3) is 0 Å². The molecule has 2 amide bonds. The fraction of sp³-hybridized carbons (Fsp3) is 0.722. The average Bonchev–Trinajstić information content (AvgIpc) is 2.81. The molecule has 1 atom stereocenters. The second-order valence-corrected chi connectivity index (χ2v) is 7.76. The fourth-order valence-electron chi connectivity index (χ4n) is 3.85. The first-order valence-electron chi connectivity index (χ1n) is 8.87. The molecule has 1 aromatic heterocycles. The van der Waals surface area contributed by atoms with Crippen molar-refractivity contribution in [2.24, 2.45) is 0 Å². The zero-order valence-corrected chi connectivity index (χ0v) is 14.5. The molecule has 1 saturated carbocycles. The van der Waals surface area contributed by atoms with Crippen LogP contribution in [0.4, 0.5) is 4.79 Å². The van der Waals surface area contributed by atoms with Crippen LogP contribution < -0.4 is 5.32 Å². The van der Waals surface area contributed by atoms with Gasteiger partial charge in [-0.2, -0.15) is 0 Å². The second-order valence-electron chi connectivity index (χ2n) is 6.81. The lowest BCUT2D eigenvalue weighted by molar-refractivity contribution is 0.169. The molecule has 22 heavy (non-hydrogen) atoms. The van der Waals surface area contributed by atoms with Crippen LogP contribution in [0.1, 0.15) is 74.3 Å². The van der Waals surface area contributed by atoms with E-state index in [1.807, 2.05) is 11.3 Å². The Labute approximate surface area is 138 Å². The van der Waals surface area contributed by atoms with Gasteiger partial charge in [-0.25, -0.2) is 4.79 Å². The van der Waals surface area contributed by atoms with Gasteiger partial charge in [-0.1, -0.05) is 32.1 Å². The third-order valence-electron chi connectivity index (χ3n) is 5.15. The lowest BCUT2D eigenvalue weighted by atomic mass is 9.95. The van der Waals surface area contributed by atoms with E-state index in [0.717, 1.165) is 32.2 Å². The van der Waals surface area contributed by atoms with Crippen LogP contribution in [-0.4, -0.2) is 23.5 Å². The van der Waals surface area contributed by atoms with Crippen molar-refractivity contribution in [1.29, 1.82) is 0 Å². The summed E-state index contributed by atoms with van der Waals surface area (Å²) in [5.41, 5.74) is 1.34. The molecule has 2 heterocycles. The average molecular weight is 321 g/mol. The Morgan fingerprint density at radius 3 is 2.59 bits per heavy atom. The van der Waals surface area contributed by atoms with E-state index in [4.69, 9.17) is 0 Å². The van der Waals surface area contributed by atoms with E-state index in [1.54, 1.807) is 0 Å². The minimum absolute atomic E-state index is 0.173. The highest BCUT2D eigenvalue weighted by molar-refractivity contribution is 7.10. The van der Waals surface area contributed by atoms with Crippen LogP contribution in [0.5, 0.6) is 0 Å². The summed E-state index contributed by atoms with van der Waals surface area (Å²) < 4.78 is 0. The summed E-state index contributed by atoms with van der Waals surface area (Å²) in [4.78, 5) is 16.4. The van der Waals surface area contributed by atoms with E-state index in [9.17, 15) is 4.79 Å². The van der Waals surface area contributed by atoms with Gasteiger partial charge in [0.15, 0.2) is 0 Å². The SMILES string of the molecule is Cc1ccsc1[C@H]1CCCCCN1C(=O)NC1CCCCC1. The Kier molecular flexibility index (Phi) is 5.40. The highest BCUT2D eigenvalue weighted by Gasteiger charge is 2.29. The molecule has 4 heteroatoms. The first-order valence-corrected chi connectivity index (χ1v) is 9.75. The number of likely N-dealkylation sites (tertiary alicyclic amines) is 1. The Balaban J connectivity index is 1.72. The van der Waals surface area contributed by atoms with Gasteiger partial charge < -0.3 is 10.2 Å². The van der Waals surface area contributed by atoms with Crippen LogP contribution in [0.15, 0.2) is 11.4 Å². The number of nitrogens with zero attached hydrogens (tertiary/aromatic N) is 1. The molecule has 0 radical (unpaired) electrons. The molecular weight excluding hydrogens is 292 g/mol. The topological polar surface area (TPSA) is 32.3 Å². The van der Waals surface area contributed by atoms with Gasteiger partial charge in [0.25, 0.3) is 0 Å². The van der Waals surface area contributed by atoms with Gasteiger partial charge in [-0.3, -0.25) is 0 Å². The van der Waals surface area contributed by atoms with Crippen molar-refractivity contribution in [1.82, 2.24) is 10.2 Å². The molecule has 2 aliphatic rings. The Morgan fingerprint density at radius 2 is 1.86 bits per heavy atom. The second kappa shape index (κ2) is 7.49. The van der Waals surface area contributed by atoms with Gasteiger partial charge in [-0.05, 0) is 49.6 Å². The summed E-state index contributed by atoms with van der Waals surface area (Å²) >= 11 is 1.81. The first-order chi connectivity index (χ1) is 10.8. The minimum atomic E-state index is 0.173. The molecule has 0 bridgehead atoms. The number of carbonyl (C=O) groups is 1. The quantitative estimate of drug-likeness (QED) is 0.815. The lowest BCUT2D eigenvalue weighted by Crippen LogP contribution is -2.46. The number of thiophene rings is 1. The summed E-state index contributed by atoms with van der Waals surface area (Å²) in [6.07, 6.45) is 10.9. The Morgan fingerprint density at radius 1 is 1.14 bits per heavy atom. The van der Waals surface area contributed by atoms with E-state index in [1.165, 1.54) is 42.5 Å². The smallest absolute Gasteiger partial charge is 0.318 e. The van der Waals surface area contributed by atoms with Crippen LogP contribution in [0.3, 0.4) is 0 Å².